The molecule has 2 rings (SSSR count). The third-order valence-electron chi connectivity index (χ3n) is 3.71. The van der Waals surface area contributed by atoms with Crippen molar-refractivity contribution in [1.29, 1.82) is 0 Å². The molecule has 2 aromatic rings. The van der Waals surface area contributed by atoms with Crippen molar-refractivity contribution in [3.05, 3.63) is 48.8 Å². The Morgan fingerprint density at radius 3 is 2.96 bits per heavy atom. The van der Waals surface area contributed by atoms with Gasteiger partial charge in [0.1, 0.15) is 12.4 Å². The number of amides is 1. The summed E-state index contributed by atoms with van der Waals surface area (Å²) in [4.78, 5) is 14.3. The second-order valence-corrected chi connectivity index (χ2v) is 5.37. The number of nitrogens with zero attached hydrogens (tertiary/aromatic N) is 5. The third-order valence-corrected chi connectivity index (χ3v) is 3.71. The molecule has 2 N–H and O–H groups in total. The van der Waals surface area contributed by atoms with Crippen LogP contribution in [0.2, 0.25) is 0 Å². The Labute approximate surface area is 140 Å². The minimum atomic E-state index is -0.708. The summed E-state index contributed by atoms with van der Waals surface area (Å²) >= 11 is 0. The number of methoxy groups -OCH3 is 1. The quantitative estimate of drug-likeness (QED) is 0.716. The summed E-state index contributed by atoms with van der Waals surface area (Å²) in [6, 6.07) is 6.78. The highest BCUT2D eigenvalue weighted by Crippen LogP contribution is 2.23. The van der Waals surface area contributed by atoms with Crippen molar-refractivity contribution in [2.75, 3.05) is 20.3 Å². The summed E-state index contributed by atoms with van der Waals surface area (Å²) < 4.78 is 6.54. The standard InChI is InChI=1S/C16H22N6O2/c1-4-8-21(16(23)15(17)10-24-3)12(2)13-6-5-7-14(9-13)22-11-18-19-20-22/h4-7,9,11-12,15H,1,8,10,17H2,2-3H3. The van der Waals surface area contributed by atoms with Crippen molar-refractivity contribution in [2.45, 2.75) is 19.0 Å². The van der Waals surface area contributed by atoms with E-state index in [9.17, 15) is 4.79 Å². The normalized spacial score (nSPS) is 13.3. The summed E-state index contributed by atoms with van der Waals surface area (Å²) in [7, 11) is 1.52. The molecule has 8 nitrogen and oxygen atoms in total. The lowest BCUT2D eigenvalue weighted by Gasteiger charge is -2.31. The van der Waals surface area contributed by atoms with Crippen LogP contribution in [0.15, 0.2) is 43.2 Å². The Bertz CT molecular complexity index is 673. The van der Waals surface area contributed by atoms with E-state index in [2.05, 4.69) is 22.1 Å². The van der Waals surface area contributed by atoms with Crippen LogP contribution in [-0.4, -0.2) is 57.3 Å². The zero-order valence-corrected chi connectivity index (χ0v) is 13.9. The second-order valence-electron chi connectivity index (χ2n) is 5.37. The number of nitrogens with two attached hydrogens (primary N) is 1. The molecule has 128 valence electrons. The van der Waals surface area contributed by atoms with E-state index in [1.54, 1.807) is 15.7 Å². The van der Waals surface area contributed by atoms with Gasteiger partial charge < -0.3 is 15.4 Å². The van der Waals surface area contributed by atoms with E-state index in [1.165, 1.54) is 13.4 Å². The highest BCUT2D eigenvalue weighted by Gasteiger charge is 2.25. The van der Waals surface area contributed by atoms with Gasteiger partial charge >= 0.3 is 0 Å². The first-order valence-corrected chi connectivity index (χ1v) is 7.57. The Morgan fingerprint density at radius 1 is 1.54 bits per heavy atom. The van der Waals surface area contributed by atoms with Crippen LogP contribution in [0, 0.1) is 0 Å². The van der Waals surface area contributed by atoms with E-state index in [1.807, 2.05) is 31.2 Å². The molecule has 0 aliphatic heterocycles. The minimum absolute atomic E-state index is 0.170. The maximum absolute atomic E-state index is 12.6. The van der Waals surface area contributed by atoms with E-state index in [0.29, 0.717) is 6.54 Å². The molecule has 0 spiro atoms. The molecule has 2 unspecified atom stereocenters. The first-order valence-electron chi connectivity index (χ1n) is 7.57. The third kappa shape index (κ3) is 4.03. The summed E-state index contributed by atoms with van der Waals surface area (Å²) in [5.74, 6) is -0.183. The van der Waals surface area contributed by atoms with Gasteiger partial charge in [-0.15, -0.1) is 11.7 Å². The van der Waals surface area contributed by atoms with Crippen LogP contribution in [-0.2, 0) is 9.53 Å². The predicted molar refractivity (Wildman–Crippen MR) is 89.3 cm³/mol. The Balaban J connectivity index is 2.26. The monoisotopic (exact) mass is 330 g/mol. The lowest BCUT2D eigenvalue weighted by atomic mass is 10.0. The van der Waals surface area contributed by atoms with E-state index < -0.39 is 6.04 Å². The highest BCUT2D eigenvalue weighted by molar-refractivity contribution is 5.82. The number of tetrazole rings is 1. The summed E-state index contributed by atoms with van der Waals surface area (Å²) in [5.41, 5.74) is 7.66. The van der Waals surface area contributed by atoms with E-state index in [0.717, 1.165) is 11.3 Å². The lowest BCUT2D eigenvalue weighted by molar-refractivity contribution is -0.135. The van der Waals surface area contributed by atoms with E-state index in [-0.39, 0.29) is 18.6 Å². The number of carbonyl (C=O) groups is 1. The molecule has 0 aliphatic rings. The fraction of sp³-hybridized carbons (Fsp3) is 0.375. The molecule has 0 bridgehead atoms. The van der Waals surface area contributed by atoms with Gasteiger partial charge in [-0.1, -0.05) is 18.2 Å². The number of rotatable bonds is 8. The average molecular weight is 330 g/mol. The number of ether oxygens (including phenoxy) is 1. The van der Waals surface area contributed by atoms with Crippen LogP contribution in [0.25, 0.3) is 5.69 Å². The first-order chi connectivity index (χ1) is 11.6. The number of hydrogen-bond donors (Lipinski definition) is 1. The summed E-state index contributed by atoms with van der Waals surface area (Å²) in [5, 5.41) is 11.1. The Kier molecular flexibility index (Phi) is 6.16. The smallest absolute Gasteiger partial charge is 0.242 e. The predicted octanol–water partition coefficient (Wildman–Crippen LogP) is 0.712. The number of hydrogen-bond acceptors (Lipinski definition) is 6. The molecule has 0 saturated carbocycles. The van der Waals surface area contributed by atoms with Crippen molar-refractivity contribution in [3.8, 4) is 5.69 Å². The van der Waals surface area contributed by atoms with Crippen LogP contribution >= 0.6 is 0 Å². The maximum Gasteiger partial charge on any atom is 0.242 e. The highest BCUT2D eigenvalue weighted by atomic mass is 16.5. The van der Waals surface area contributed by atoms with Gasteiger partial charge in [0.25, 0.3) is 0 Å². The SMILES string of the molecule is C=CCN(C(=O)C(N)COC)C(C)c1cccc(-n2cnnn2)c1. The molecule has 0 fully saturated rings. The van der Waals surface area contributed by atoms with Gasteiger partial charge in [0, 0.05) is 13.7 Å². The van der Waals surface area contributed by atoms with Crippen molar-refractivity contribution in [3.63, 3.8) is 0 Å². The van der Waals surface area contributed by atoms with Crippen LogP contribution in [0.3, 0.4) is 0 Å². The molecule has 8 heteroatoms. The van der Waals surface area contributed by atoms with Crippen LogP contribution in [0.4, 0.5) is 0 Å². The number of carbonyl (C=O) groups excluding carboxylic acids is 1. The number of benzene rings is 1. The molecule has 1 heterocycles. The molecular weight excluding hydrogens is 308 g/mol. The molecule has 1 amide bonds. The summed E-state index contributed by atoms with van der Waals surface area (Å²) in [6.45, 7) is 6.24. The van der Waals surface area contributed by atoms with Crippen LogP contribution in [0.5, 0.6) is 0 Å². The molecule has 2 atom stereocenters. The van der Waals surface area contributed by atoms with Gasteiger partial charge in [-0.2, -0.15) is 0 Å². The van der Waals surface area contributed by atoms with Gasteiger partial charge in [0.15, 0.2) is 0 Å². The average Bonchev–Trinajstić information content (AvgIpc) is 3.13. The Morgan fingerprint density at radius 2 is 2.33 bits per heavy atom. The first kappa shape index (κ1) is 17.8. The molecule has 0 radical (unpaired) electrons. The Hall–Kier alpha value is -2.58. The molecule has 1 aromatic carbocycles. The topological polar surface area (TPSA) is 99.2 Å². The fourth-order valence-electron chi connectivity index (χ4n) is 2.43. The molecule has 0 aliphatic carbocycles. The van der Waals surface area contributed by atoms with Crippen molar-refractivity contribution in [1.82, 2.24) is 25.1 Å². The number of aromatic nitrogens is 4. The van der Waals surface area contributed by atoms with Gasteiger partial charge in [0.05, 0.1) is 18.3 Å². The minimum Gasteiger partial charge on any atom is -0.383 e. The van der Waals surface area contributed by atoms with Crippen molar-refractivity contribution < 1.29 is 9.53 Å². The molecule has 1 aromatic heterocycles. The second kappa shape index (κ2) is 8.32. The van der Waals surface area contributed by atoms with Gasteiger partial charge in [-0.05, 0) is 35.0 Å². The van der Waals surface area contributed by atoms with Gasteiger partial charge in [-0.3, -0.25) is 4.79 Å². The molecular formula is C16H22N6O2. The van der Waals surface area contributed by atoms with E-state index in [4.69, 9.17) is 10.5 Å². The zero-order chi connectivity index (χ0) is 17.5. The zero-order valence-electron chi connectivity index (χ0n) is 13.9. The van der Waals surface area contributed by atoms with Crippen LogP contribution in [0.1, 0.15) is 18.5 Å². The lowest BCUT2D eigenvalue weighted by Crippen LogP contribution is -2.47. The summed E-state index contributed by atoms with van der Waals surface area (Å²) in [6.07, 6.45) is 3.20. The van der Waals surface area contributed by atoms with E-state index >= 15 is 0 Å². The van der Waals surface area contributed by atoms with Crippen molar-refractivity contribution in [2.24, 2.45) is 5.73 Å². The fourth-order valence-corrected chi connectivity index (χ4v) is 2.43. The molecule has 0 saturated heterocycles. The van der Waals surface area contributed by atoms with Gasteiger partial charge in [0.2, 0.25) is 5.91 Å². The maximum atomic E-state index is 12.6. The van der Waals surface area contributed by atoms with Crippen molar-refractivity contribution >= 4 is 5.91 Å². The molecule has 24 heavy (non-hydrogen) atoms. The van der Waals surface area contributed by atoms with Crippen LogP contribution < -0.4 is 5.73 Å². The van der Waals surface area contributed by atoms with Gasteiger partial charge in [-0.25, -0.2) is 4.68 Å². The largest absolute Gasteiger partial charge is 0.383 e.